The summed E-state index contributed by atoms with van der Waals surface area (Å²) in [5, 5.41) is 8.88. The second kappa shape index (κ2) is 6.72. The van der Waals surface area contributed by atoms with Gasteiger partial charge < -0.3 is 10.2 Å². The Balaban J connectivity index is 1.37. The van der Waals surface area contributed by atoms with Crippen molar-refractivity contribution >= 4 is 32.7 Å². The number of thiazole rings is 1. The lowest BCUT2D eigenvalue weighted by atomic mass is 10.0. The molecular formula is C19H23N5OS. The van der Waals surface area contributed by atoms with Crippen LogP contribution in [-0.2, 0) is 7.05 Å². The summed E-state index contributed by atoms with van der Waals surface area (Å²) in [6.45, 7) is 5.59. The van der Waals surface area contributed by atoms with Crippen molar-refractivity contribution in [1.82, 2.24) is 19.7 Å². The molecule has 4 rings (SSSR count). The molecule has 2 aromatic heterocycles. The van der Waals surface area contributed by atoms with Crippen LogP contribution in [0.15, 0.2) is 24.3 Å². The maximum absolute atomic E-state index is 12.6. The van der Waals surface area contributed by atoms with E-state index in [0.29, 0.717) is 6.04 Å². The average Bonchev–Trinajstić information content (AvgIpc) is 3.16. The first-order valence-corrected chi connectivity index (χ1v) is 9.75. The zero-order chi connectivity index (χ0) is 18.3. The number of fused-ring (bicyclic) bond motifs is 1. The third-order valence-electron chi connectivity index (χ3n) is 4.95. The van der Waals surface area contributed by atoms with Crippen molar-refractivity contribution in [1.29, 1.82) is 0 Å². The standard InChI is InChI=1S/C19H23N5OS/c1-12-4-6-14(7-5-12)18(25)24-10-8-15(9-11-24)20-19-21-17-16(26-19)13(2)22-23(17)3/h4-7,15H,8-11H2,1-3H3,(H,20,21). The van der Waals surface area contributed by atoms with E-state index in [9.17, 15) is 4.79 Å². The zero-order valence-corrected chi connectivity index (χ0v) is 16.1. The van der Waals surface area contributed by atoms with E-state index in [1.165, 1.54) is 5.56 Å². The van der Waals surface area contributed by atoms with Gasteiger partial charge in [0.25, 0.3) is 5.91 Å². The molecule has 0 bridgehead atoms. The van der Waals surface area contributed by atoms with Gasteiger partial charge in [-0.2, -0.15) is 5.10 Å². The predicted molar refractivity (Wildman–Crippen MR) is 105 cm³/mol. The van der Waals surface area contributed by atoms with Gasteiger partial charge in [-0.3, -0.25) is 4.79 Å². The summed E-state index contributed by atoms with van der Waals surface area (Å²) in [6, 6.07) is 8.17. The molecule has 0 atom stereocenters. The fraction of sp³-hybridized carbons (Fsp3) is 0.421. The molecule has 1 N–H and O–H groups in total. The number of piperidine rings is 1. The quantitative estimate of drug-likeness (QED) is 0.769. The van der Waals surface area contributed by atoms with Gasteiger partial charge in [0.1, 0.15) is 0 Å². The molecule has 26 heavy (non-hydrogen) atoms. The van der Waals surface area contributed by atoms with Crippen LogP contribution in [0, 0.1) is 13.8 Å². The molecule has 6 nitrogen and oxygen atoms in total. The summed E-state index contributed by atoms with van der Waals surface area (Å²) < 4.78 is 2.97. The van der Waals surface area contributed by atoms with Gasteiger partial charge in [-0.25, -0.2) is 9.67 Å². The molecule has 1 aromatic carbocycles. The first kappa shape index (κ1) is 17.0. The van der Waals surface area contributed by atoms with Crippen LogP contribution in [0.25, 0.3) is 10.3 Å². The highest BCUT2D eigenvalue weighted by atomic mass is 32.1. The number of carbonyl (C=O) groups is 1. The lowest BCUT2D eigenvalue weighted by Gasteiger charge is -2.32. The number of likely N-dealkylation sites (tertiary alicyclic amines) is 1. The molecule has 0 saturated carbocycles. The van der Waals surface area contributed by atoms with Crippen LogP contribution < -0.4 is 5.32 Å². The molecule has 7 heteroatoms. The normalized spacial score (nSPS) is 15.6. The van der Waals surface area contributed by atoms with Crippen LogP contribution in [0.4, 0.5) is 5.13 Å². The highest BCUT2D eigenvalue weighted by molar-refractivity contribution is 7.22. The minimum Gasteiger partial charge on any atom is -0.359 e. The molecule has 0 aliphatic carbocycles. The number of hydrogen-bond donors (Lipinski definition) is 1. The van der Waals surface area contributed by atoms with Crippen molar-refractivity contribution in [2.75, 3.05) is 18.4 Å². The Morgan fingerprint density at radius 1 is 1.19 bits per heavy atom. The number of aromatic nitrogens is 3. The topological polar surface area (TPSA) is 63.1 Å². The average molecular weight is 369 g/mol. The number of hydrogen-bond acceptors (Lipinski definition) is 5. The van der Waals surface area contributed by atoms with E-state index in [2.05, 4.69) is 15.4 Å². The molecule has 1 aliphatic heterocycles. The molecule has 3 heterocycles. The Morgan fingerprint density at radius 3 is 2.54 bits per heavy atom. The van der Waals surface area contributed by atoms with E-state index in [-0.39, 0.29) is 5.91 Å². The summed E-state index contributed by atoms with van der Waals surface area (Å²) in [5.74, 6) is 0.130. The Hall–Kier alpha value is -2.41. The summed E-state index contributed by atoms with van der Waals surface area (Å²) in [5.41, 5.74) is 3.90. The van der Waals surface area contributed by atoms with Crippen LogP contribution in [0.3, 0.4) is 0 Å². The van der Waals surface area contributed by atoms with Crippen LogP contribution in [0.1, 0.15) is 34.5 Å². The first-order valence-electron chi connectivity index (χ1n) is 8.94. The molecule has 0 radical (unpaired) electrons. The van der Waals surface area contributed by atoms with Crippen molar-refractivity contribution < 1.29 is 4.79 Å². The van der Waals surface area contributed by atoms with Gasteiger partial charge in [0, 0.05) is 31.7 Å². The number of rotatable bonds is 3. The molecule has 1 aliphatic rings. The maximum atomic E-state index is 12.6. The highest BCUT2D eigenvalue weighted by Crippen LogP contribution is 2.29. The number of anilines is 1. The fourth-order valence-corrected chi connectivity index (χ4v) is 4.44. The van der Waals surface area contributed by atoms with E-state index >= 15 is 0 Å². The first-order chi connectivity index (χ1) is 12.5. The third kappa shape index (κ3) is 3.19. The highest BCUT2D eigenvalue weighted by Gasteiger charge is 2.24. The molecule has 1 fully saturated rings. The van der Waals surface area contributed by atoms with Gasteiger partial charge >= 0.3 is 0 Å². The summed E-state index contributed by atoms with van der Waals surface area (Å²) in [7, 11) is 1.92. The van der Waals surface area contributed by atoms with Crippen LogP contribution >= 0.6 is 11.3 Å². The number of benzene rings is 1. The molecule has 1 amide bonds. The van der Waals surface area contributed by atoms with Gasteiger partial charge in [-0.15, -0.1) is 0 Å². The molecule has 0 unspecified atom stereocenters. The maximum Gasteiger partial charge on any atom is 0.253 e. The van der Waals surface area contributed by atoms with Gasteiger partial charge in [-0.05, 0) is 38.8 Å². The lowest BCUT2D eigenvalue weighted by molar-refractivity contribution is 0.0718. The van der Waals surface area contributed by atoms with E-state index in [0.717, 1.165) is 52.7 Å². The summed E-state index contributed by atoms with van der Waals surface area (Å²) in [4.78, 5) is 19.2. The van der Waals surface area contributed by atoms with E-state index in [4.69, 9.17) is 0 Å². The van der Waals surface area contributed by atoms with Crippen molar-refractivity contribution in [3.05, 3.63) is 41.1 Å². The van der Waals surface area contributed by atoms with Gasteiger partial charge in [0.2, 0.25) is 0 Å². The number of carbonyl (C=O) groups excluding carboxylic acids is 1. The van der Waals surface area contributed by atoms with Crippen molar-refractivity contribution in [3.63, 3.8) is 0 Å². The monoisotopic (exact) mass is 369 g/mol. The van der Waals surface area contributed by atoms with Crippen molar-refractivity contribution in [3.8, 4) is 0 Å². The van der Waals surface area contributed by atoms with E-state index in [1.807, 2.05) is 54.7 Å². The second-order valence-corrected chi connectivity index (χ2v) is 7.96. The largest absolute Gasteiger partial charge is 0.359 e. The van der Waals surface area contributed by atoms with Gasteiger partial charge in [0.15, 0.2) is 10.8 Å². The zero-order valence-electron chi connectivity index (χ0n) is 15.3. The molecule has 3 aromatic rings. The SMILES string of the molecule is Cc1ccc(C(=O)N2CCC(Nc3nc4c(s3)c(C)nn4C)CC2)cc1. The number of aryl methyl sites for hydroxylation is 3. The minimum absolute atomic E-state index is 0.130. The van der Waals surface area contributed by atoms with E-state index < -0.39 is 0 Å². The van der Waals surface area contributed by atoms with Crippen molar-refractivity contribution in [2.45, 2.75) is 32.7 Å². The number of nitrogens with zero attached hydrogens (tertiary/aromatic N) is 4. The second-order valence-electron chi connectivity index (χ2n) is 6.96. The van der Waals surface area contributed by atoms with E-state index in [1.54, 1.807) is 11.3 Å². The number of nitrogens with one attached hydrogen (secondary N) is 1. The summed E-state index contributed by atoms with van der Waals surface area (Å²) in [6.07, 6.45) is 1.87. The van der Waals surface area contributed by atoms with Crippen LogP contribution in [0.2, 0.25) is 0 Å². The van der Waals surface area contributed by atoms with Gasteiger partial charge in [-0.1, -0.05) is 29.0 Å². The Kier molecular flexibility index (Phi) is 4.40. The minimum atomic E-state index is 0.130. The molecule has 0 spiro atoms. The Bertz CT molecular complexity index is 900. The van der Waals surface area contributed by atoms with Crippen LogP contribution in [-0.4, -0.2) is 44.7 Å². The fourth-order valence-electron chi connectivity index (χ4n) is 3.43. The van der Waals surface area contributed by atoms with Crippen LogP contribution in [0.5, 0.6) is 0 Å². The Morgan fingerprint density at radius 2 is 1.88 bits per heavy atom. The predicted octanol–water partition coefficient (Wildman–Crippen LogP) is 3.36. The number of amides is 1. The molecule has 1 saturated heterocycles. The van der Waals surface area contributed by atoms with Gasteiger partial charge in [0.05, 0.1) is 10.4 Å². The van der Waals surface area contributed by atoms with Crippen molar-refractivity contribution in [2.24, 2.45) is 7.05 Å². The smallest absolute Gasteiger partial charge is 0.253 e. The summed E-state index contributed by atoms with van der Waals surface area (Å²) >= 11 is 1.66. The molecule has 136 valence electrons. The molecular weight excluding hydrogens is 346 g/mol. The Labute approximate surface area is 156 Å². The third-order valence-corrected chi connectivity index (χ3v) is 6.04. The lowest BCUT2D eigenvalue weighted by Crippen LogP contribution is -2.42.